The van der Waals surface area contributed by atoms with Gasteiger partial charge in [-0.3, -0.25) is 24.3 Å². The Morgan fingerprint density at radius 1 is 1.30 bits per heavy atom. The zero-order chi connectivity index (χ0) is 21.7. The van der Waals surface area contributed by atoms with E-state index in [1.165, 1.54) is 35.9 Å². The largest absolute Gasteiger partial charge is 0.383 e. The summed E-state index contributed by atoms with van der Waals surface area (Å²) in [6, 6.07) is 10.3. The SMILES string of the molecule is COCCn1c(SCC(=O)Nc2ccc([N+](=O)[O-])cc2)nc2cc(Cl)ccc2c1=O. The third-order valence-corrected chi connectivity index (χ3v) is 5.31. The van der Waals surface area contributed by atoms with Gasteiger partial charge in [-0.1, -0.05) is 23.4 Å². The number of nitrogens with zero attached hydrogens (tertiary/aromatic N) is 3. The average molecular weight is 449 g/mol. The second-order valence-corrected chi connectivity index (χ2v) is 7.53. The van der Waals surface area contributed by atoms with Crippen molar-refractivity contribution in [2.75, 3.05) is 24.8 Å². The monoisotopic (exact) mass is 448 g/mol. The minimum Gasteiger partial charge on any atom is -0.383 e. The van der Waals surface area contributed by atoms with E-state index >= 15 is 0 Å². The summed E-state index contributed by atoms with van der Waals surface area (Å²) in [5.41, 5.74) is 0.566. The maximum atomic E-state index is 12.8. The molecule has 0 unspecified atom stereocenters. The summed E-state index contributed by atoms with van der Waals surface area (Å²) < 4.78 is 6.53. The summed E-state index contributed by atoms with van der Waals surface area (Å²) in [5.74, 6) is -0.352. The molecule has 0 bridgehead atoms. The van der Waals surface area contributed by atoms with E-state index in [1.54, 1.807) is 18.2 Å². The van der Waals surface area contributed by atoms with E-state index in [2.05, 4.69) is 10.3 Å². The first kappa shape index (κ1) is 21.8. The van der Waals surface area contributed by atoms with E-state index in [0.29, 0.717) is 33.4 Å². The van der Waals surface area contributed by atoms with Crippen molar-refractivity contribution in [2.45, 2.75) is 11.7 Å². The highest BCUT2D eigenvalue weighted by Crippen LogP contribution is 2.21. The summed E-state index contributed by atoms with van der Waals surface area (Å²) in [5, 5.41) is 14.6. The number of benzene rings is 2. The molecule has 0 saturated heterocycles. The molecule has 0 saturated carbocycles. The molecule has 1 aromatic heterocycles. The number of carbonyl (C=O) groups excluding carboxylic acids is 1. The normalized spacial score (nSPS) is 10.9. The number of rotatable bonds is 8. The van der Waals surface area contributed by atoms with Crippen LogP contribution in [0.2, 0.25) is 5.02 Å². The van der Waals surface area contributed by atoms with Gasteiger partial charge < -0.3 is 10.1 Å². The van der Waals surface area contributed by atoms with Crippen LogP contribution in [0.5, 0.6) is 0 Å². The summed E-state index contributed by atoms with van der Waals surface area (Å²) in [4.78, 5) is 39.8. The Balaban J connectivity index is 1.78. The van der Waals surface area contributed by atoms with Gasteiger partial charge in [-0.25, -0.2) is 4.98 Å². The van der Waals surface area contributed by atoms with Crippen LogP contribution in [0.3, 0.4) is 0 Å². The third-order valence-electron chi connectivity index (χ3n) is 4.10. The molecule has 1 heterocycles. The second kappa shape index (κ2) is 9.70. The Morgan fingerprint density at radius 2 is 2.03 bits per heavy atom. The first-order chi connectivity index (χ1) is 14.4. The van der Waals surface area contributed by atoms with Gasteiger partial charge in [-0.2, -0.15) is 0 Å². The van der Waals surface area contributed by atoms with Gasteiger partial charge in [0, 0.05) is 30.0 Å². The molecule has 1 amide bonds. The van der Waals surface area contributed by atoms with Gasteiger partial charge >= 0.3 is 0 Å². The minimum atomic E-state index is -0.515. The number of nitro groups is 1. The number of hydrogen-bond acceptors (Lipinski definition) is 7. The fourth-order valence-electron chi connectivity index (χ4n) is 2.66. The Kier molecular flexibility index (Phi) is 7.03. The van der Waals surface area contributed by atoms with Gasteiger partial charge in [-0.05, 0) is 30.3 Å². The number of halogens is 1. The number of carbonyl (C=O) groups is 1. The van der Waals surface area contributed by atoms with Crippen molar-refractivity contribution in [1.82, 2.24) is 9.55 Å². The molecule has 11 heteroatoms. The van der Waals surface area contributed by atoms with Gasteiger partial charge in [0.1, 0.15) is 0 Å². The lowest BCUT2D eigenvalue weighted by atomic mass is 10.2. The maximum Gasteiger partial charge on any atom is 0.269 e. The molecule has 9 nitrogen and oxygen atoms in total. The van der Waals surface area contributed by atoms with Gasteiger partial charge in [0.15, 0.2) is 5.16 Å². The van der Waals surface area contributed by atoms with E-state index in [1.807, 2.05) is 0 Å². The maximum absolute atomic E-state index is 12.8. The lowest BCUT2D eigenvalue weighted by molar-refractivity contribution is -0.384. The molecular formula is C19H17ClN4O5S. The number of fused-ring (bicyclic) bond motifs is 1. The van der Waals surface area contributed by atoms with Crippen molar-refractivity contribution in [3.63, 3.8) is 0 Å². The van der Waals surface area contributed by atoms with Crippen LogP contribution in [0.15, 0.2) is 52.4 Å². The zero-order valence-corrected chi connectivity index (χ0v) is 17.4. The third kappa shape index (κ3) is 5.15. The fraction of sp³-hybridized carbons (Fsp3) is 0.211. The summed E-state index contributed by atoms with van der Waals surface area (Å²) in [7, 11) is 1.53. The van der Waals surface area contributed by atoms with Crippen molar-refractivity contribution >= 4 is 51.5 Å². The Bertz CT molecular complexity index is 1150. The Hall–Kier alpha value is -2.95. The van der Waals surface area contributed by atoms with Crippen molar-refractivity contribution in [3.8, 4) is 0 Å². The van der Waals surface area contributed by atoms with Crippen LogP contribution in [0.4, 0.5) is 11.4 Å². The van der Waals surface area contributed by atoms with Gasteiger partial charge in [0.25, 0.3) is 11.2 Å². The van der Waals surface area contributed by atoms with Crippen LogP contribution in [0.1, 0.15) is 0 Å². The number of hydrogen-bond donors (Lipinski definition) is 1. The highest BCUT2D eigenvalue weighted by Gasteiger charge is 2.14. The quantitative estimate of drug-likeness (QED) is 0.243. The first-order valence-electron chi connectivity index (χ1n) is 8.75. The van der Waals surface area contributed by atoms with Gasteiger partial charge in [0.05, 0.1) is 34.7 Å². The average Bonchev–Trinajstić information content (AvgIpc) is 2.72. The molecular weight excluding hydrogens is 432 g/mol. The van der Waals surface area contributed by atoms with Crippen LogP contribution in [0.25, 0.3) is 10.9 Å². The first-order valence-corrected chi connectivity index (χ1v) is 10.1. The number of aromatic nitrogens is 2. The lowest BCUT2D eigenvalue weighted by Gasteiger charge is -2.13. The van der Waals surface area contributed by atoms with Crippen molar-refractivity contribution in [2.24, 2.45) is 0 Å². The number of methoxy groups -OCH3 is 1. The van der Waals surface area contributed by atoms with Crippen molar-refractivity contribution in [3.05, 3.63) is 68.0 Å². The van der Waals surface area contributed by atoms with Crippen molar-refractivity contribution in [1.29, 1.82) is 0 Å². The number of thioether (sulfide) groups is 1. The zero-order valence-electron chi connectivity index (χ0n) is 15.8. The molecule has 30 heavy (non-hydrogen) atoms. The van der Waals surface area contributed by atoms with E-state index < -0.39 is 4.92 Å². The molecule has 3 rings (SSSR count). The van der Waals surface area contributed by atoms with Crippen LogP contribution < -0.4 is 10.9 Å². The topological polar surface area (TPSA) is 116 Å². The van der Waals surface area contributed by atoms with E-state index in [0.717, 1.165) is 11.8 Å². The van der Waals surface area contributed by atoms with Gasteiger partial charge in [-0.15, -0.1) is 0 Å². The molecule has 3 aromatic rings. The lowest BCUT2D eigenvalue weighted by Crippen LogP contribution is -2.26. The Morgan fingerprint density at radius 3 is 2.70 bits per heavy atom. The van der Waals surface area contributed by atoms with Gasteiger partial charge in [0.2, 0.25) is 5.91 Å². The molecule has 0 fully saturated rings. The summed E-state index contributed by atoms with van der Waals surface area (Å²) >= 11 is 7.11. The second-order valence-electron chi connectivity index (χ2n) is 6.15. The highest BCUT2D eigenvalue weighted by atomic mass is 35.5. The predicted molar refractivity (Wildman–Crippen MR) is 115 cm³/mol. The van der Waals surface area contributed by atoms with E-state index in [-0.39, 0.29) is 29.5 Å². The number of nitrogens with one attached hydrogen (secondary N) is 1. The fourth-order valence-corrected chi connectivity index (χ4v) is 3.65. The molecule has 0 radical (unpaired) electrons. The number of amides is 1. The number of non-ortho nitro benzene ring substituents is 1. The number of nitro benzene ring substituents is 1. The molecule has 0 spiro atoms. The van der Waals surface area contributed by atoms with Crippen LogP contribution >= 0.6 is 23.4 Å². The number of anilines is 1. The van der Waals surface area contributed by atoms with Crippen LogP contribution in [-0.4, -0.2) is 39.9 Å². The predicted octanol–water partition coefficient (Wildman–Crippen LogP) is 3.34. The van der Waals surface area contributed by atoms with E-state index in [4.69, 9.17) is 16.3 Å². The van der Waals surface area contributed by atoms with Crippen molar-refractivity contribution < 1.29 is 14.5 Å². The Labute approximate surface area is 180 Å². The van der Waals surface area contributed by atoms with Crippen LogP contribution in [-0.2, 0) is 16.1 Å². The summed E-state index contributed by atoms with van der Waals surface area (Å²) in [6.45, 7) is 0.594. The molecule has 156 valence electrons. The molecule has 1 N–H and O–H groups in total. The molecule has 0 aliphatic carbocycles. The smallest absolute Gasteiger partial charge is 0.269 e. The summed E-state index contributed by atoms with van der Waals surface area (Å²) in [6.07, 6.45) is 0. The highest BCUT2D eigenvalue weighted by molar-refractivity contribution is 7.99. The molecule has 0 aliphatic heterocycles. The standard InChI is InChI=1S/C19H17ClN4O5S/c1-29-9-8-23-18(26)15-7-2-12(20)10-16(15)22-19(23)30-11-17(25)21-13-3-5-14(6-4-13)24(27)28/h2-7,10H,8-9,11H2,1H3,(H,21,25). The van der Waals surface area contributed by atoms with E-state index in [9.17, 15) is 19.7 Å². The molecule has 0 atom stereocenters. The van der Waals surface area contributed by atoms with Crippen LogP contribution in [0, 0.1) is 10.1 Å². The number of ether oxygens (including phenoxy) is 1. The molecule has 2 aromatic carbocycles. The minimum absolute atomic E-state index is 0.0114. The molecule has 0 aliphatic rings.